The molecule has 1 spiro atoms. The van der Waals surface area contributed by atoms with Crippen LogP contribution in [0.5, 0.6) is 0 Å². The Labute approximate surface area is 172 Å². The van der Waals surface area contributed by atoms with Gasteiger partial charge in [-0.2, -0.15) is 0 Å². The van der Waals surface area contributed by atoms with Crippen LogP contribution in [0.1, 0.15) is 51.5 Å². The Morgan fingerprint density at radius 3 is 2.21 bits per heavy atom. The van der Waals surface area contributed by atoms with Crippen LogP contribution in [0.4, 0.5) is 0 Å². The van der Waals surface area contributed by atoms with Gasteiger partial charge in [-0.3, -0.25) is 14.5 Å². The van der Waals surface area contributed by atoms with Crippen molar-refractivity contribution in [2.75, 3.05) is 0 Å². The summed E-state index contributed by atoms with van der Waals surface area (Å²) in [7, 11) is 0. The third-order valence-electron chi connectivity index (χ3n) is 5.64. The van der Waals surface area contributed by atoms with Gasteiger partial charge < -0.3 is 10.2 Å². The predicted molar refractivity (Wildman–Crippen MR) is 108 cm³/mol. The molecule has 1 saturated carbocycles. The molecule has 1 atom stereocenters. The lowest BCUT2D eigenvalue weighted by Gasteiger charge is -2.52. The first kappa shape index (κ1) is 20.7. The van der Waals surface area contributed by atoms with Crippen LogP contribution in [0.3, 0.4) is 0 Å². The highest BCUT2D eigenvalue weighted by atomic mass is 79.9. The molecule has 0 radical (unpaired) electrons. The van der Waals surface area contributed by atoms with Gasteiger partial charge in [0.1, 0.15) is 6.10 Å². The van der Waals surface area contributed by atoms with E-state index < -0.39 is 33.8 Å². The van der Waals surface area contributed by atoms with E-state index in [1.165, 1.54) is 0 Å². The molecule has 1 fully saturated rings. The molecule has 28 heavy (non-hydrogen) atoms. The topological polar surface area (TPSA) is 94.9 Å². The van der Waals surface area contributed by atoms with Crippen LogP contribution in [-0.4, -0.2) is 48.9 Å². The number of hydrogen-bond donors (Lipinski definition) is 2. The first-order valence-corrected chi connectivity index (χ1v) is 10.2. The first-order chi connectivity index (χ1) is 13.1. The fourth-order valence-corrected chi connectivity index (χ4v) is 4.46. The Kier molecular flexibility index (Phi) is 5.51. The van der Waals surface area contributed by atoms with Crippen molar-refractivity contribution in [2.24, 2.45) is 0 Å². The van der Waals surface area contributed by atoms with Crippen LogP contribution in [-0.2, 0) is 14.4 Å². The largest absolute Gasteiger partial charge is 0.478 e. The number of imide groups is 1. The minimum atomic E-state index is -1.45. The zero-order chi connectivity index (χ0) is 20.7. The number of carboxylic acid groups (broad SMARTS) is 1. The molecule has 1 aliphatic heterocycles. The van der Waals surface area contributed by atoms with Crippen molar-refractivity contribution in [3.63, 3.8) is 0 Å². The van der Waals surface area contributed by atoms with E-state index in [1.807, 2.05) is 0 Å². The molecule has 150 valence electrons. The van der Waals surface area contributed by atoms with Crippen LogP contribution in [0.25, 0.3) is 5.57 Å². The Hall–Kier alpha value is -1.99. The number of aliphatic hydroxyl groups is 1. The number of aliphatic hydroxyl groups excluding tert-OH is 1. The Bertz CT molecular complexity index is 834. The Morgan fingerprint density at radius 2 is 1.71 bits per heavy atom. The summed E-state index contributed by atoms with van der Waals surface area (Å²) in [4.78, 5) is 40.1. The summed E-state index contributed by atoms with van der Waals surface area (Å²) in [5.74, 6) is -2.47. The van der Waals surface area contributed by atoms with E-state index in [4.69, 9.17) is 0 Å². The molecule has 2 aliphatic rings. The highest BCUT2D eigenvalue weighted by Crippen LogP contribution is 2.46. The van der Waals surface area contributed by atoms with Gasteiger partial charge in [0.25, 0.3) is 5.91 Å². The maximum absolute atomic E-state index is 13.6. The van der Waals surface area contributed by atoms with Gasteiger partial charge in [-0.05, 0) is 32.3 Å². The maximum Gasteiger partial charge on any atom is 0.335 e. The molecule has 1 unspecified atom stereocenters. The highest BCUT2D eigenvalue weighted by molar-refractivity contribution is 9.10. The lowest BCUT2D eigenvalue weighted by molar-refractivity contribution is -0.161. The summed E-state index contributed by atoms with van der Waals surface area (Å²) >= 11 is 3.34. The fraction of sp³-hybridized carbons (Fsp3) is 0.476. The molecule has 1 aromatic carbocycles. The van der Waals surface area contributed by atoms with E-state index in [9.17, 15) is 24.6 Å². The summed E-state index contributed by atoms with van der Waals surface area (Å²) in [5, 5.41) is 21.1. The number of carbonyl (C=O) groups is 3. The summed E-state index contributed by atoms with van der Waals surface area (Å²) in [6, 6.07) is 8.36. The van der Waals surface area contributed by atoms with Crippen molar-refractivity contribution < 1.29 is 24.6 Å². The summed E-state index contributed by atoms with van der Waals surface area (Å²) < 4.78 is -1.03. The number of halogens is 1. The number of alkyl halides is 1. The van der Waals surface area contributed by atoms with Gasteiger partial charge in [-0.1, -0.05) is 65.5 Å². The molecule has 1 heterocycles. The van der Waals surface area contributed by atoms with Crippen LogP contribution >= 0.6 is 15.9 Å². The van der Waals surface area contributed by atoms with Gasteiger partial charge in [0.05, 0.1) is 21.0 Å². The quantitative estimate of drug-likeness (QED) is 0.691. The highest BCUT2D eigenvalue weighted by Gasteiger charge is 2.58. The average molecular weight is 450 g/mol. The predicted octanol–water partition coefficient (Wildman–Crippen LogP) is 3.13. The van der Waals surface area contributed by atoms with Gasteiger partial charge in [-0.25, -0.2) is 4.79 Å². The van der Waals surface area contributed by atoms with Gasteiger partial charge in [0.15, 0.2) is 0 Å². The summed E-state index contributed by atoms with van der Waals surface area (Å²) in [6.07, 6.45) is 1.66. The second kappa shape index (κ2) is 7.44. The molecule has 1 aromatic rings. The van der Waals surface area contributed by atoms with Gasteiger partial charge >= 0.3 is 5.97 Å². The molecule has 7 heteroatoms. The molecule has 2 amide bonds. The second-order valence-corrected chi connectivity index (χ2v) is 9.93. The Morgan fingerprint density at radius 1 is 1.14 bits per heavy atom. The lowest BCUT2D eigenvalue weighted by Crippen LogP contribution is -2.67. The third kappa shape index (κ3) is 3.31. The lowest BCUT2D eigenvalue weighted by atomic mass is 9.69. The molecule has 0 saturated heterocycles. The zero-order valence-corrected chi connectivity index (χ0v) is 17.5. The molecular formula is C21H24BrNO5. The third-order valence-corrected chi connectivity index (χ3v) is 5.98. The van der Waals surface area contributed by atoms with Gasteiger partial charge in [-0.15, -0.1) is 0 Å². The van der Waals surface area contributed by atoms with Crippen molar-refractivity contribution in [3.8, 4) is 0 Å². The van der Waals surface area contributed by atoms with Gasteiger partial charge in [0, 0.05) is 0 Å². The van der Waals surface area contributed by atoms with Crippen molar-refractivity contribution >= 4 is 39.3 Å². The summed E-state index contributed by atoms with van der Waals surface area (Å²) in [5.41, 5.74) is -1.31. The van der Waals surface area contributed by atoms with Crippen molar-refractivity contribution in [1.82, 2.24) is 4.90 Å². The number of nitrogens with zero attached hydrogens (tertiary/aromatic N) is 1. The molecule has 0 bridgehead atoms. The molecule has 6 nitrogen and oxygen atoms in total. The van der Waals surface area contributed by atoms with E-state index in [2.05, 4.69) is 15.9 Å². The van der Waals surface area contributed by atoms with E-state index in [0.29, 0.717) is 31.2 Å². The number of aliphatic carboxylic acids is 1. The number of benzene rings is 1. The second-order valence-electron chi connectivity index (χ2n) is 7.94. The molecule has 1 aliphatic carbocycles. The average Bonchev–Trinajstić information content (AvgIpc) is 2.65. The van der Waals surface area contributed by atoms with E-state index >= 15 is 0 Å². The monoisotopic (exact) mass is 449 g/mol. The van der Waals surface area contributed by atoms with Crippen LogP contribution in [0.15, 0.2) is 35.9 Å². The van der Waals surface area contributed by atoms with E-state index in [0.717, 1.165) is 11.3 Å². The van der Waals surface area contributed by atoms with Crippen LogP contribution < -0.4 is 0 Å². The number of carbonyl (C=O) groups excluding carboxylic acids is 2. The van der Waals surface area contributed by atoms with Crippen molar-refractivity contribution in [1.29, 1.82) is 0 Å². The normalized spacial score (nSPS) is 22.5. The van der Waals surface area contributed by atoms with Gasteiger partial charge in [0.2, 0.25) is 5.91 Å². The Balaban J connectivity index is 2.29. The van der Waals surface area contributed by atoms with E-state index in [-0.39, 0.29) is 11.1 Å². The molecule has 3 rings (SSSR count). The zero-order valence-electron chi connectivity index (χ0n) is 15.9. The van der Waals surface area contributed by atoms with Crippen molar-refractivity contribution in [2.45, 2.75) is 61.9 Å². The van der Waals surface area contributed by atoms with Crippen LogP contribution in [0.2, 0.25) is 0 Å². The molecule has 0 aromatic heterocycles. The fourth-order valence-electron chi connectivity index (χ4n) is 4.29. The number of hydrogen-bond acceptors (Lipinski definition) is 4. The minimum absolute atomic E-state index is 0.123. The standard InChI is InChI=1S/C21H24BrNO5/c1-20(2,22)19(28)23-17(25)14(13-9-5-3-6-10-13)15(18(26)27)16(24)21(23)11-7-4-8-12-21/h3,5-6,9-10,16,24H,4,7-8,11-12H2,1-2H3,(H,26,27). The number of carboxylic acids is 1. The SMILES string of the molecule is CC(C)(Br)C(=O)N1C(=O)C(c2ccccc2)=C(C(=O)O)C(O)C12CCCCC2. The summed E-state index contributed by atoms with van der Waals surface area (Å²) in [6.45, 7) is 3.29. The van der Waals surface area contributed by atoms with Crippen LogP contribution in [0, 0.1) is 0 Å². The number of amides is 2. The van der Waals surface area contributed by atoms with Crippen molar-refractivity contribution in [3.05, 3.63) is 41.5 Å². The first-order valence-electron chi connectivity index (χ1n) is 9.40. The minimum Gasteiger partial charge on any atom is -0.478 e. The molecule has 2 N–H and O–H groups in total. The maximum atomic E-state index is 13.6. The van der Waals surface area contributed by atoms with E-state index in [1.54, 1.807) is 44.2 Å². The number of rotatable bonds is 3. The smallest absolute Gasteiger partial charge is 0.335 e. The molecular weight excluding hydrogens is 426 g/mol.